The predicted molar refractivity (Wildman–Crippen MR) is 131 cm³/mol. The summed E-state index contributed by atoms with van der Waals surface area (Å²) in [7, 11) is 0. The quantitative estimate of drug-likeness (QED) is 0.491. The average Bonchev–Trinajstić information content (AvgIpc) is 3.33. The summed E-state index contributed by atoms with van der Waals surface area (Å²) in [6, 6.07) is 13.2. The van der Waals surface area contributed by atoms with E-state index in [0.29, 0.717) is 31.7 Å². The van der Waals surface area contributed by atoms with Gasteiger partial charge in [0, 0.05) is 42.8 Å². The van der Waals surface area contributed by atoms with Crippen molar-refractivity contribution in [1.82, 2.24) is 14.5 Å². The monoisotopic (exact) mass is 514 g/mol. The van der Waals surface area contributed by atoms with Gasteiger partial charge in [0.25, 0.3) is 0 Å². The number of carbonyl (C=O) groups excluding carboxylic acids is 2. The summed E-state index contributed by atoms with van der Waals surface area (Å²) in [5.74, 6) is 0.896. The number of amides is 2. The maximum absolute atomic E-state index is 13.4. The van der Waals surface area contributed by atoms with E-state index in [-0.39, 0.29) is 36.4 Å². The number of hydrogen-bond donors (Lipinski definition) is 0. The lowest BCUT2D eigenvalue weighted by Crippen LogP contribution is -2.47. The van der Waals surface area contributed by atoms with E-state index in [0.717, 1.165) is 22.5 Å². The highest BCUT2D eigenvalue weighted by Crippen LogP contribution is 2.36. The number of carbonyl (C=O) groups is 2. The molecule has 0 unspecified atom stereocenters. The second-order valence-electron chi connectivity index (χ2n) is 8.96. The van der Waals surface area contributed by atoms with Crippen molar-refractivity contribution < 1.29 is 22.8 Å². The number of imidazole rings is 1. The van der Waals surface area contributed by atoms with E-state index in [9.17, 15) is 22.8 Å². The summed E-state index contributed by atoms with van der Waals surface area (Å²) in [6.07, 6.45) is 0.212. The highest BCUT2D eigenvalue weighted by Gasteiger charge is 2.34. The van der Waals surface area contributed by atoms with E-state index >= 15 is 0 Å². The molecule has 5 rings (SSSR count). The first-order valence-corrected chi connectivity index (χ1v) is 12.8. The van der Waals surface area contributed by atoms with Crippen molar-refractivity contribution in [3.63, 3.8) is 0 Å². The number of anilines is 1. The first-order valence-electron chi connectivity index (χ1n) is 11.8. The third kappa shape index (κ3) is 5.00. The van der Waals surface area contributed by atoms with Gasteiger partial charge in [-0.1, -0.05) is 30.3 Å². The van der Waals surface area contributed by atoms with Crippen molar-refractivity contribution >= 4 is 29.3 Å². The summed E-state index contributed by atoms with van der Waals surface area (Å²) in [4.78, 5) is 34.3. The molecule has 0 aliphatic carbocycles. The number of halogens is 3. The number of likely N-dealkylation sites (tertiary alicyclic amines) is 1. The van der Waals surface area contributed by atoms with Gasteiger partial charge in [-0.25, -0.2) is 4.98 Å². The molecule has 3 aromatic rings. The van der Waals surface area contributed by atoms with Crippen LogP contribution in [0, 0.1) is 0 Å². The third-order valence-corrected chi connectivity index (χ3v) is 7.77. The fourth-order valence-electron chi connectivity index (χ4n) is 4.88. The molecule has 1 fully saturated rings. The number of benzene rings is 2. The van der Waals surface area contributed by atoms with Gasteiger partial charge in [0.1, 0.15) is 12.4 Å². The van der Waals surface area contributed by atoms with Crippen LogP contribution in [0.15, 0.2) is 65.8 Å². The normalized spacial score (nSPS) is 16.8. The molecule has 2 amide bonds. The summed E-state index contributed by atoms with van der Waals surface area (Å²) < 4.78 is 42.1. The number of fused-ring (bicyclic) bond motifs is 1. The average molecular weight is 515 g/mol. The minimum atomic E-state index is -4.42. The Hall–Kier alpha value is -3.27. The van der Waals surface area contributed by atoms with Crippen LogP contribution in [-0.2, 0) is 22.3 Å². The van der Waals surface area contributed by atoms with Gasteiger partial charge in [0.15, 0.2) is 0 Å². The molecule has 1 saturated heterocycles. The standard InChI is InChI=1S/C26H25F3N4O2S/c27-26(28,29)20-6-2-1-5-19(20)15-32-14-11-30-25(32)18-9-12-31(13-10-18)23(34)16-33-21-7-3-4-8-22(21)36-17-24(33)35/h1-8,11,14,18H,9-10,12-13,15-17H2. The molecule has 0 N–H and O–H groups in total. The van der Waals surface area contributed by atoms with Gasteiger partial charge in [-0.15, -0.1) is 11.8 Å². The second-order valence-corrected chi connectivity index (χ2v) is 9.98. The lowest BCUT2D eigenvalue weighted by atomic mass is 9.95. The molecule has 0 spiro atoms. The smallest absolute Gasteiger partial charge is 0.341 e. The van der Waals surface area contributed by atoms with Gasteiger partial charge in [-0.3, -0.25) is 9.59 Å². The zero-order valence-electron chi connectivity index (χ0n) is 19.4. The van der Waals surface area contributed by atoms with E-state index in [1.54, 1.807) is 32.8 Å². The Balaban J connectivity index is 1.23. The van der Waals surface area contributed by atoms with Crippen LogP contribution >= 0.6 is 11.8 Å². The van der Waals surface area contributed by atoms with Gasteiger partial charge >= 0.3 is 6.18 Å². The third-order valence-electron chi connectivity index (χ3n) is 6.73. The van der Waals surface area contributed by atoms with Crippen molar-refractivity contribution in [2.24, 2.45) is 0 Å². The zero-order chi connectivity index (χ0) is 25.3. The van der Waals surface area contributed by atoms with Gasteiger partial charge in [0.05, 0.1) is 17.0 Å². The number of piperidine rings is 1. The highest BCUT2D eigenvalue weighted by molar-refractivity contribution is 8.00. The lowest BCUT2D eigenvalue weighted by Gasteiger charge is -2.35. The van der Waals surface area contributed by atoms with Crippen molar-refractivity contribution in [2.45, 2.75) is 36.4 Å². The summed E-state index contributed by atoms with van der Waals surface area (Å²) in [6.45, 7) is 1.10. The van der Waals surface area contributed by atoms with Crippen molar-refractivity contribution in [3.05, 3.63) is 77.9 Å². The van der Waals surface area contributed by atoms with E-state index in [1.807, 2.05) is 24.3 Å². The molecule has 6 nitrogen and oxygen atoms in total. The Morgan fingerprint density at radius 3 is 2.56 bits per heavy atom. The zero-order valence-corrected chi connectivity index (χ0v) is 20.3. The number of hydrogen-bond acceptors (Lipinski definition) is 4. The largest absolute Gasteiger partial charge is 0.416 e. The van der Waals surface area contributed by atoms with E-state index in [4.69, 9.17) is 0 Å². The Labute approximate surface area is 211 Å². The Kier molecular flexibility index (Phi) is 6.79. The Bertz CT molecular complexity index is 1270. The van der Waals surface area contributed by atoms with Crippen LogP contribution in [0.5, 0.6) is 0 Å². The Morgan fingerprint density at radius 1 is 1.06 bits per heavy atom. The molecule has 1 aromatic heterocycles. The molecule has 2 aliphatic rings. The first kappa shape index (κ1) is 24.4. The van der Waals surface area contributed by atoms with Gasteiger partial charge in [-0.2, -0.15) is 13.2 Å². The van der Waals surface area contributed by atoms with Crippen LogP contribution in [0.4, 0.5) is 18.9 Å². The molecule has 10 heteroatoms. The summed E-state index contributed by atoms with van der Waals surface area (Å²) in [5, 5.41) is 0. The number of thioether (sulfide) groups is 1. The van der Waals surface area contributed by atoms with Crippen LogP contribution < -0.4 is 4.90 Å². The predicted octanol–water partition coefficient (Wildman–Crippen LogP) is 4.80. The molecule has 0 bridgehead atoms. The second kappa shape index (κ2) is 10.0. The molecule has 36 heavy (non-hydrogen) atoms. The topological polar surface area (TPSA) is 58.4 Å². The molecule has 2 aliphatic heterocycles. The van der Waals surface area contributed by atoms with E-state index in [2.05, 4.69) is 4.98 Å². The van der Waals surface area contributed by atoms with Crippen molar-refractivity contribution in [3.8, 4) is 0 Å². The van der Waals surface area contributed by atoms with Crippen LogP contribution in [-0.4, -0.2) is 51.7 Å². The van der Waals surface area contributed by atoms with Gasteiger partial charge in [0.2, 0.25) is 11.8 Å². The summed E-state index contributed by atoms with van der Waals surface area (Å²) >= 11 is 1.48. The molecule has 3 heterocycles. The summed E-state index contributed by atoms with van der Waals surface area (Å²) in [5.41, 5.74) is 0.321. The highest BCUT2D eigenvalue weighted by atomic mass is 32.2. The minimum Gasteiger partial charge on any atom is -0.341 e. The number of nitrogens with zero attached hydrogens (tertiary/aromatic N) is 4. The van der Waals surface area contributed by atoms with Crippen LogP contribution in [0.25, 0.3) is 0 Å². The lowest BCUT2D eigenvalue weighted by molar-refractivity contribution is -0.138. The molecule has 0 radical (unpaired) electrons. The van der Waals surface area contributed by atoms with Gasteiger partial charge < -0.3 is 14.4 Å². The SMILES string of the molecule is O=C(CN1C(=O)CSc2ccccc21)N1CCC(c2nccn2Cc2ccccc2C(F)(F)F)CC1. The fraction of sp³-hybridized carbons (Fsp3) is 0.346. The maximum atomic E-state index is 13.4. The van der Waals surface area contributed by atoms with Crippen LogP contribution in [0.2, 0.25) is 0 Å². The first-order chi connectivity index (χ1) is 17.3. The fourth-order valence-corrected chi connectivity index (χ4v) is 5.82. The number of aromatic nitrogens is 2. The Morgan fingerprint density at radius 2 is 1.78 bits per heavy atom. The minimum absolute atomic E-state index is 0.00390. The molecule has 0 saturated carbocycles. The molecule has 188 valence electrons. The van der Waals surface area contributed by atoms with Crippen molar-refractivity contribution in [2.75, 3.05) is 30.3 Å². The number of rotatable bonds is 5. The molecule has 2 aromatic carbocycles. The van der Waals surface area contributed by atoms with E-state index < -0.39 is 11.7 Å². The molecular formula is C26H25F3N4O2S. The van der Waals surface area contributed by atoms with Crippen molar-refractivity contribution in [1.29, 1.82) is 0 Å². The number of alkyl halides is 3. The van der Waals surface area contributed by atoms with E-state index in [1.165, 1.54) is 23.9 Å². The van der Waals surface area contributed by atoms with Gasteiger partial charge in [-0.05, 0) is 36.6 Å². The molecular weight excluding hydrogens is 489 g/mol. The maximum Gasteiger partial charge on any atom is 0.416 e. The molecule has 0 atom stereocenters. The van der Waals surface area contributed by atoms with Crippen LogP contribution in [0.3, 0.4) is 0 Å². The number of para-hydroxylation sites is 1. The van der Waals surface area contributed by atoms with Crippen LogP contribution in [0.1, 0.15) is 35.7 Å².